The summed E-state index contributed by atoms with van der Waals surface area (Å²) in [4.78, 5) is 16.6. The molecule has 1 saturated heterocycles. The van der Waals surface area contributed by atoms with Gasteiger partial charge < -0.3 is 9.80 Å². The van der Waals surface area contributed by atoms with E-state index in [-0.39, 0.29) is 17.0 Å². The summed E-state index contributed by atoms with van der Waals surface area (Å²) in [6.07, 6.45) is 1.27. The van der Waals surface area contributed by atoms with Crippen molar-refractivity contribution in [3.63, 3.8) is 0 Å². The summed E-state index contributed by atoms with van der Waals surface area (Å²) in [6.45, 7) is 7.52. The van der Waals surface area contributed by atoms with Gasteiger partial charge in [0.2, 0.25) is 0 Å². The number of rotatable bonds is 5. The lowest BCUT2D eigenvalue weighted by Crippen LogP contribution is -2.46. The van der Waals surface area contributed by atoms with Gasteiger partial charge in [0, 0.05) is 25.2 Å². The Morgan fingerprint density at radius 3 is 2.62 bits per heavy atom. The fourth-order valence-electron chi connectivity index (χ4n) is 2.52. The highest BCUT2D eigenvalue weighted by Gasteiger charge is 2.25. The van der Waals surface area contributed by atoms with Crippen molar-refractivity contribution in [2.75, 3.05) is 26.7 Å². The molecule has 1 fully saturated rings. The van der Waals surface area contributed by atoms with Gasteiger partial charge in [0.25, 0.3) is 5.91 Å². The van der Waals surface area contributed by atoms with E-state index in [0.717, 1.165) is 19.6 Å². The fourth-order valence-corrected chi connectivity index (χ4v) is 2.70. The summed E-state index contributed by atoms with van der Waals surface area (Å²) in [5.74, 6) is -0.245. The van der Waals surface area contributed by atoms with Gasteiger partial charge in [-0.3, -0.25) is 4.79 Å². The van der Waals surface area contributed by atoms with Crippen molar-refractivity contribution in [1.82, 2.24) is 9.80 Å². The van der Waals surface area contributed by atoms with Gasteiger partial charge in [0.05, 0.1) is 5.02 Å². The Labute approximate surface area is 130 Å². The molecule has 0 radical (unpaired) electrons. The van der Waals surface area contributed by atoms with Crippen molar-refractivity contribution in [1.29, 1.82) is 0 Å². The summed E-state index contributed by atoms with van der Waals surface area (Å²) >= 11 is 5.75. The lowest BCUT2D eigenvalue weighted by molar-refractivity contribution is 0.0641. The fraction of sp³-hybridized carbons (Fsp3) is 0.562. The zero-order valence-electron chi connectivity index (χ0n) is 12.8. The second-order valence-electron chi connectivity index (χ2n) is 5.92. The van der Waals surface area contributed by atoms with E-state index in [1.165, 1.54) is 24.6 Å². The number of hydrogen-bond acceptors (Lipinski definition) is 2. The Bertz CT molecular complexity index is 519. The Kier molecular flexibility index (Phi) is 5.22. The van der Waals surface area contributed by atoms with Crippen molar-refractivity contribution >= 4 is 17.5 Å². The van der Waals surface area contributed by atoms with Crippen LogP contribution in [0.4, 0.5) is 4.39 Å². The van der Waals surface area contributed by atoms with Crippen LogP contribution in [0, 0.1) is 11.7 Å². The van der Waals surface area contributed by atoms with Crippen LogP contribution in [0.2, 0.25) is 5.02 Å². The van der Waals surface area contributed by atoms with Gasteiger partial charge >= 0.3 is 0 Å². The minimum absolute atomic E-state index is 0.0180. The van der Waals surface area contributed by atoms with Gasteiger partial charge in [0.15, 0.2) is 0 Å². The SMILES string of the molecule is CC(CN1CCC1)C(C)N(C)C(=O)c1ccc(F)c(Cl)c1. The zero-order valence-corrected chi connectivity index (χ0v) is 13.5. The third-order valence-electron chi connectivity index (χ3n) is 4.42. The predicted octanol–water partition coefficient (Wildman–Crippen LogP) is 3.28. The quantitative estimate of drug-likeness (QED) is 0.833. The molecule has 2 rings (SSSR count). The highest BCUT2D eigenvalue weighted by atomic mass is 35.5. The lowest BCUT2D eigenvalue weighted by atomic mass is 9.99. The van der Waals surface area contributed by atoms with Crippen molar-refractivity contribution in [3.05, 3.63) is 34.6 Å². The molecule has 0 N–H and O–H groups in total. The van der Waals surface area contributed by atoms with Crippen LogP contribution in [-0.2, 0) is 0 Å². The molecule has 21 heavy (non-hydrogen) atoms. The van der Waals surface area contributed by atoms with E-state index in [4.69, 9.17) is 11.6 Å². The number of halogens is 2. The van der Waals surface area contributed by atoms with Crippen LogP contribution < -0.4 is 0 Å². The third kappa shape index (κ3) is 3.74. The van der Waals surface area contributed by atoms with Crippen molar-refractivity contribution in [2.24, 2.45) is 5.92 Å². The van der Waals surface area contributed by atoms with Gasteiger partial charge in [-0.15, -0.1) is 0 Å². The molecule has 1 amide bonds. The summed E-state index contributed by atoms with van der Waals surface area (Å²) < 4.78 is 13.2. The number of amides is 1. The molecule has 3 nitrogen and oxygen atoms in total. The molecule has 1 aliphatic heterocycles. The molecule has 0 bridgehead atoms. The Balaban J connectivity index is 2.01. The second kappa shape index (κ2) is 6.75. The highest BCUT2D eigenvalue weighted by molar-refractivity contribution is 6.31. The number of nitrogens with zero attached hydrogens (tertiary/aromatic N) is 2. The van der Waals surface area contributed by atoms with E-state index >= 15 is 0 Å². The van der Waals surface area contributed by atoms with E-state index in [1.807, 2.05) is 6.92 Å². The number of carbonyl (C=O) groups excluding carboxylic acids is 1. The second-order valence-corrected chi connectivity index (χ2v) is 6.32. The van der Waals surface area contributed by atoms with Gasteiger partial charge in [0.1, 0.15) is 5.82 Å². The molecule has 1 aliphatic rings. The minimum Gasteiger partial charge on any atom is -0.339 e. The minimum atomic E-state index is -0.505. The summed E-state index contributed by atoms with van der Waals surface area (Å²) in [5, 5.41) is -0.0180. The molecule has 116 valence electrons. The standard InChI is InChI=1S/C16H22ClFN2O/c1-11(10-20-7-4-8-20)12(2)19(3)16(21)13-5-6-15(18)14(17)9-13/h5-6,9,11-12H,4,7-8,10H2,1-3H3. The van der Waals surface area contributed by atoms with E-state index < -0.39 is 5.82 Å². The Hall–Kier alpha value is -1.13. The zero-order chi connectivity index (χ0) is 15.6. The first-order chi connectivity index (χ1) is 9.90. The molecule has 0 aromatic heterocycles. The molecule has 0 saturated carbocycles. The van der Waals surface area contributed by atoms with Crippen LogP contribution in [0.3, 0.4) is 0 Å². The number of carbonyl (C=O) groups is 1. The smallest absolute Gasteiger partial charge is 0.253 e. The molecule has 1 aromatic rings. The summed E-state index contributed by atoms with van der Waals surface area (Å²) in [6, 6.07) is 4.22. The van der Waals surface area contributed by atoms with E-state index in [9.17, 15) is 9.18 Å². The van der Waals surface area contributed by atoms with Crippen LogP contribution in [0.1, 0.15) is 30.6 Å². The predicted molar refractivity (Wildman–Crippen MR) is 83.2 cm³/mol. The lowest BCUT2D eigenvalue weighted by Gasteiger charge is -2.37. The summed E-state index contributed by atoms with van der Waals surface area (Å²) in [5.41, 5.74) is 0.423. The topological polar surface area (TPSA) is 23.6 Å². The molecule has 1 aromatic carbocycles. The Morgan fingerprint density at radius 1 is 1.43 bits per heavy atom. The first-order valence-corrected chi connectivity index (χ1v) is 7.72. The molecule has 2 unspecified atom stereocenters. The molecule has 2 atom stereocenters. The summed E-state index contributed by atoms with van der Waals surface area (Å²) in [7, 11) is 1.79. The van der Waals surface area contributed by atoms with Crippen LogP contribution >= 0.6 is 11.6 Å². The van der Waals surface area contributed by atoms with E-state index in [2.05, 4.69) is 11.8 Å². The van der Waals surface area contributed by atoms with Gasteiger partial charge in [-0.25, -0.2) is 4.39 Å². The van der Waals surface area contributed by atoms with Crippen LogP contribution in [-0.4, -0.2) is 48.4 Å². The van der Waals surface area contributed by atoms with E-state index in [1.54, 1.807) is 11.9 Å². The molecular formula is C16H22ClFN2O. The van der Waals surface area contributed by atoms with E-state index in [0.29, 0.717) is 11.5 Å². The first kappa shape index (κ1) is 16.2. The number of likely N-dealkylation sites (tertiary alicyclic amines) is 1. The molecule has 5 heteroatoms. The molecule has 0 spiro atoms. The molecule has 0 aliphatic carbocycles. The normalized spacial score (nSPS) is 18.0. The van der Waals surface area contributed by atoms with Gasteiger partial charge in [-0.2, -0.15) is 0 Å². The largest absolute Gasteiger partial charge is 0.339 e. The average Bonchev–Trinajstić information content (AvgIpc) is 2.43. The average molecular weight is 313 g/mol. The molecule has 1 heterocycles. The van der Waals surface area contributed by atoms with Crippen molar-refractivity contribution in [2.45, 2.75) is 26.3 Å². The maximum atomic E-state index is 13.2. The highest BCUT2D eigenvalue weighted by Crippen LogP contribution is 2.20. The van der Waals surface area contributed by atoms with Crippen LogP contribution in [0.25, 0.3) is 0 Å². The van der Waals surface area contributed by atoms with Crippen LogP contribution in [0.5, 0.6) is 0 Å². The number of benzene rings is 1. The monoisotopic (exact) mass is 312 g/mol. The molecular weight excluding hydrogens is 291 g/mol. The maximum absolute atomic E-state index is 13.2. The third-order valence-corrected chi connectivity index (χ3v) is 4.71. The van der Waals surface area contributed by atoms with Gasteiger partial charge in [-0.1, -0.05) is 18.5 Å². The number of hydrogen-bond donors (Lipinski definition) is 0. The van der Waals surface area contributed by atoms with Crippen molar-refractivity contribution < 1.29 is 9.18 Å². The first-order valence-electron chi connectivity index (χ1n) is 7.34. The Morgan fingerprint density at radius 2 is 2.10 bits per heavy atom. The van der Waals surface area contributed by atoms with Crippen LogP contribution in [0.15, 0.2) is 18.2 Å². The van der Waals surface area contributed by atoms with Gasteiger partial charge in [-0.05, 0) is 50.6 Å². The van der Waals surface area contributed by atoms with Crippen molar-refractivity contribution in [3.8, 4) is 0 Å². The maximum Gasteiger partial charge on any atom is 0.253 e.